The van der Waals surface area contributed by atoms with E-state index in [4.69, 9.17) is 18.9 Å². The highest BCUT2D eigenvalue weighted by Crippen LogP contribution is 2.29. The fourth-order valence-electron chi connectivity index (χ4n) is 3.38. The van der Waals surface area contributed by atoms with Crippen LogP contribution in [0.5, 0.6) is 0 Å². The van der Waals surface area contributed by atoms with Crippen molar-refractivity contribution in [2.45, 2.75) is 24.7 Å². The number of halogens is 1. The van der Waals surface area contributed by atoms with Crippen molar-refractivity contribution in [1.29, 1.82) is 0 Å². The molecule has 1 aliphatic rings. The highest BCUT2D eigenvalue weighted by atomic mass is 19.1. The maximum atomic E-state index is 15.3. The Bertz CT molecular complexity index is 1120. The summed E-state index contributed by atoms with van der Waals surface area (Å²) in [6, 6.07) is 24.2. The van der Waals surface area contributed by atoms with Crippen molar-refractivity contribution in [3.05, 3.63) is 108 Å². The number of ether oxygens (including phenoxy) is 4. The van der Waals surface area contributed by atoms with Crippen LogP contribution in [0.25, 0.3) is 0 Å². The van der Waals surface area contributed by atoms with Crippen molar-refractivity contribution in [2.24, 2.45) is 0 Å². The van der Waals surface area contributed by atoms with Crippen LogP contribution in [0.15, 0.2) is 91.0 Å². The lowest BCUT2D eigenvalue weighted by atomic mass is 10.1. The summed E-state index contributed by atoms with van der Waals surface area (Å²) in [7, 11) is 0. The molecule has 1 heterocycles. The molecule has 4 rings (SSSR count). The Morgan fingerprint density at radius 2 is 1.12 bits per heavy atom. The molecule has 0 bridgehead atoms. The first-order valence-corrected chi connectivity index (χ1v) is 10.6. The molecule has 0 radical (unpaired) electrons. The second-order valence-electron chi connectivity index (χ2n) is 7.46. The van der Waals surface area contributed by atoms with Gasteiger partial charge in [0, 0.05) is 0 Å². The van der Waals surface area contributed by atoms with Gasteiger partial charge in [-0.05, 0) is 36.4 Å². The van der Waals surface area contributed by atoms with Gasteiger partial charge in [-0.1, -0.05) is 54.6 Å². The molecule has 0 aromatic heterocycles. The Balaban J connectivity index is 1.47. The van der Waals surface area contributed by atoms with Crippen LogP contribution in [0.2, 0.25) is 0 Å². The van der Waals surface area contributed by atoms with Crippen LogP contribution in [-0.4, -0.2) is 49.2 Å². The molecular weight excluding hydrogens is 443 g/mol. The fourth-order valence-corrected chi connectivity index (χ4v) is 3.38. The standard InChI is InChI=1S/C26H21FO7/c27-21-22(33-24(29)18-12-6-2-7-13-18)20(16-31-23(28)17-10-4-1-5-11-17)32-26(21)34-25(30)19-14-8-3-9-15-19/h1-15,20-22,26H,16H2/t20-,21-,22?,26-/m1/s1. The second-order valence-corrected chi connectivity index (χ2v) is 7.46. The number of carbonyl (C=O) groups excluding carboxylic acids is 3. The first kappa shape index (κ1) is 23.1. The molecule has 3 aromatic rings. The van der Waals surface area contributed by atoms with Gasteiger partial charge in [0.05, 0.1) is 16.7 Å². The zero-order valence-corrected chi connectivity index (χ0v) is 17.9. The quantitative estimate of drug-likeness (QED) is 0.386. The van der Waals surface area contributed by atoms with E-state index >= 15 is 4.39 Å². The molecule has 0 aliphatic carbocycles. The summed E-state index contributed by atoms with van der Waals surface area (Å²) in [4.78, 5) is 37.2. The molecule has 0 spiro atoms. The molecule has 1 unspecified atom stereocenters. The average molecular weight is 464 g/mol. The second kappa shape index (κ2) is 10.7. The average Bonchev–Trinajstić information content (AvgIpc) is 3.17. The third kappa shape index (κ3) is 5.47. The first-order chi connectivity index (χ1) is 16.5. The summed E-state index contributed by atoms with van der Waals surface area (Å²) >= 11 is 0. The van der Waals surface area contributed by atoms with E-state index in [-0.39, 0.29) is 11.1 Å². The summed E-state index contributed by atoms with van der Waals surface area (Å²) in [5, 5.41) is 0. The molecule has 7 nitrogen and oxygen atoms in total. The first-order valence-electron chi connectivity index (χ1n) is 10.6. The normalized spacial score (nSPS) is 21.4. The van der Waals surface area contributed by atoms with Crippen LogP contribution >= 0.6 is 0 Å². The molecule has 0 N–H and O–H groups in total. The van der Waals surface area contributed by atoms with Gasteiger partial charge in [0.15, 0.2) is 6.10 Å². The molecule has 3 aromatic carbocycles. The number of hydrogen-bond donors (Lipinski definition) is 0. The van der Waals surface area contributed by atoms with Gasteiger partial charge in [-0.15, -0.1) is 0 Å². The van der Waals surface area contributed by atoms with Crippen molar-refractivity contribution in [2.75, 3.05) is 6.61 Å². The molecule has 174 valence electrons. The van der Waals surface area contributed by atoms with E-state index in [2.05, 4.69) is 0 Å². The fraction of sp³-hybridized carbons (Fsp3) is 0.192. The van der Waals surface area contributed by atoms with Gasteiger partial charge < -0.3 is 18.9 Å². The molecule has 0 amide bonds. The number of benzene rings is 3. The molecular formula is C26H21FO7. The number of carbonyl (C=O) groups is 3. The van der Waals surface area contributed by atoms with E-state index in [1.165, 1.54) is 24.3 Å². The number of rotatable bonds is 7. The summed E-state index contributed by atoms with van der Waals surface area (Å²) in [6.45, 7) is -0.416. The van der Waals surface area contributed by atoms with Gasteiger partial charge >= 0.3 is 17.9 Å². The van der Waals surface area contributed by atoms with Gasteiger partial charge in [0.1, 0.15) is 12.7 Å². The van der Waals surface area contributed by atoms with E-state index in [9.17, 15) is 14.4 Å². The maximum Gasteiger partial charge on any atom is 0.340 e. The molecule has 34 heavy (non-hydrogen) atoms. The highest BCUT2D eigenvalue weighted by Gasteiger charge is 2.50. The molecule has 4 atom stereocenters. The molecule has 1 aliphatic heterocycles. The monoisotopic (exact) mass is 464 g/mol. The van der Waals surface area contributed by atoms with Crippen molar-refractivity contribution < 1.29 is 37.7 Å². The third-order valence-electron chi connectivity index (χ3n) is 5.12. The van der Waals surface area contributed by atoms with E-state index in [1.807, 2.05) is 0 Å². The zero-order valence-electron chi connectivity index (χ0n) is 17.9. The number of alkyl halides is 1. The van der Waals surface area contributed by atoms with E-state index in [1.54, 1.807) is 66.7 Å². The summed E-state index contributed by atoms with van der Waals surface area (Å²) in [6.07, 6.45) is -6.31. The smallest absolute Gasteiger partial charge is 0.340 e. The van der Waals surface area contributed by atoms with Crippen molar-refractivity contribution in [3.8, 4) is 0 Å². The van der Waals surface area contributed by atoms with Crippen LogP contribution < -0.4 is 0 Å². The van der Waals surface area contributed by atoms with Crippen molar-refractivity contribution in [3.63, 3.8) is 0 Å². The van der Waals surface area contributed by atoms with E-state index in [0.717, 1.165) is 0 Å². The number of hydrogen-bond acceptors (Lipinski definition) is 7. The molecule has 8 heteroatoms. The van der Waals surface area contributed by atoms with E-state index < -0.39 is 49.2 Å². The Morgan fingerprint density at radius 1 is 0.676 bits per heavy atom. The van der Waals surface area contributed by atoms with Crippen LogP contribution in [-0.2, 0) is 18.9 Å². The SMILES string of the molecule is O=C(OC[C@H]1O[C@H](OC(=O)c2ccccc2)[C@H](F)C1OC(=O)c1ccccc1)c1ccccc1. The van der Waals surface area contributed by atoms with Crippen LogP contribution in [0.3, 0.4) is 0 Å². The lowest BCUT2D eigenvalue weighted by Crippen LogP contribution is -2.37. The predicted molar refractivity (Wildman–Crippen MR) is 118 cm³/mol. The number of esters is 3. The van der Waals surface area contributed by atoms with Gasteiger partial charge in [0.2, 0.25) is 12.5 Å². The summed E-state index contributed by atoms with van der Waals surface area (Å²) < 4.78 is 36.6. The topological polar surface area (TPSA) is 88.1 Å². The van der Waals surface area contributed by atoms with Gasteiger partial charge in [-0.3, -0.25) is 0 Å². The highest BCUT2D eigenvalue weighted by molar-refractivity contribution is 5.90. The summed E-state index contributed by atoms with van der Waals surface area (Å²) in [5.74, 6) is -2.24. The minimum atomic E-state index is -2.00. The zero-order chi connectivity index (χ0) is 23.9. The predicted octanol–water partition coefficient (Wildman–Crippen LogP) is 3.99. The Kier molecular flexibility index (Phi) is 7.29. The lowest BCUT2D eigenvalue weighted by Gasteiger charge is -2.19. The third-order valence-corrected chi connectivity index (χ3v) is 5.12. The van der Waals surface area contributed by atoms with Gasteiger partial charge in [-0.2, -0.15) is 0 Å². The van der Waals surface area contributed by atoms with Crippen LogP contribution in [0, 0.1) is 0 Å². The maximum absolute atomic E-state index is 15.3. The van der Waals surface area contributed by atoms with Gasteiger partial charge in [0.25, 0.3) is 0 Å². The Morgan fingerprint density at radius 3 is 1.62 bits per heavy atom. The molecule has 0 saturated carbocycles. The Labute approximate surface area is 195 Å². The van der Waals surface area contributed by atoms with Crippen molar-refractivity contribution >= 4 is 17.9 Å². The molecule has 1 fully saturated rings. The summed E-state index contributed by atoms with van der Waals surface area (Å²) in [5.41, 5.74) is 0.705. The van der Waals surface area contributed by atoms with Crippen LogP contribution in [0.1, 0.15) is 31.1 Å². The lowest BCUT2D eigenvalue weighted by molar-refractivity contribution is -0.129. The van der Waals surface area contributed by atoms with Crippen molar-refractivity contribution in [1.82, 2.24) is 0 Å². The van der Waals surface area contributed by atoms with Crippen LogP contribution in [0.4, 0.5) is 4.39 Å². The van der Waals surface area contributed by atoms with E-state index in [0.29, 0.717) is 5.56 Å². The Hall–Kier alpha value is -4.04. The minimum Gasteiger partial charge on any atom is -0.459 e. The largest absolute Gasteiger partial charge is 0.459 e. The minimum absolute atomic E-state index is 0.204. The van der Waals surface area contributed by atoms with Gasteiger partial charge in [-0.25, -0.2) is 18.8 Å². The molecule has 1 saturated heterocycles.